The number of nitrogens with two attached hydrogens (primary N) is 1. The summed E-state index contributed by atoms with van der Waals surface area (Å²) in [4.78, 5) is 48.8. The standard InChI is InChI=1S/C29H45NO9/c1-7-8-15-35-29(34)36-18-21(6)37-28(33)23(30)16-22-11-12-24(38-26(31)13-9-19(2)3)25(17-22)39-27(32)14-10-20(4)5/h11-12,17,19-21,23H,7-10,13-16,18,30H2,1-6H3/t21-,23-/m0/s1. The van der Waals surface area contributed by atoms with Crippen LogP contribution in [0.4, 0.5) is 4.79 Å². The Hall–Kier alpha value is -3.14. The van der Waals surface area contributed by atoms with E-state index in [1.54, 1.807) is 13.0 Å². The van der Waals surface area contributed by atoms with Crippen LogP contribution in [0.2, 0.25) is 0 Å². The minimum atomic E-state index is -1.03. The van der Waals surface area contributed by atoms with Crippen molar-refractivity contribution in [3.63, 3.8) is 0 Å². The Morgan fingerprint density at radius 3 is 2.00 bits per heavy atom. The number of rotatable bonds is 17. The summed E-state index contributed by atoms with van der Waals surface area (Å²) in [7, 11) is 0. The van der Waals surface area contributed by atoms with Gasteiger partial charge in [-0.05, 0) is 62.1 Å². The van der Waals surface area contributed by atoms with Crippen LogP contribution in [0.25, 0.3) is 0 Å². The molecule has 10 nitrogen and oxygen atoms in total. The zero-order valence-corrected chi connectivity index (χ0v) is 24.2. The van der Waals surface area contributed by atoms with Crippen LogP contribution in [0.15, 0.2) is 18.2 Å². The van der Waals surface area contributed by atoms with Crippen molar-refractivity contribution < 1.29 is 42.9 Å². The van der Waals surface area contributed by atoms with Crippen molar-refractivity contribution in [2.75, 3.05) is 13.2 Å². The van der Waals surface area contributed by atoms with Crippen LogP contribution in [-0.2, 0) is 35.0 Å². The zero-order valence-electron chi connectivity index (χ0n) is 24.2. The van der Waals surface area contributed by atoms with Crippen molar-refractivity contribution >= 4 is 24.1 Å². The second-order valence-corrected chi connectivity index (χ2v) is 10.4. The molecule has 10 heteroatoms. The van der Waals surface area contributed by atoms with Crippen molar-refractivity contribution in [2.24, 2.45) is 17.6 Å². The summed E-state index contributed by atoms with van der Waals surface area (Å²) in [5, 5.41) is 0. The second-order valence-electron chi connectivity index (χ2n) is 10.4. The molecule has 1 aromatic carbocycles. The highest BCUT2D eigenvalue weighted by Crippen LogP contribution is 2.30. The molecular weight excluding hydrogens is 506 g/mol. The minimum Gasteiger partial charge on any atom is -0.458 e. The van der Waals surface area contributed by atoms with Crippen LogP contribution in [0.1, 0.15) is 85.6 Å². The summed E-state index contributed by atoms with van der Waals surface area (Å²) < 4.78 is 26.1. The summed E-state index contributed by atoms with van der Waals surface area (Å²) >= 11 is 0. The first-order chi connectivity index (χ1) is 18.4. The Kier molecular flexibility index (Phi) is 15.8. The molecule has 0 aromatic heterocycles. The fourth-order valence-electron chi connectivity index (χ4n) is 3.19. The average Bonchev–Trinajstić information content (AvgIpc) is 2.86. The van der Waals surface area contributed by atoms with Gasteiger partial charge in [0.2, 0.25) is 0 Å². The van der Waals surface area contributed by atoms with E-state index in [0.717, 1.165) is 12.8 Å². The molecule has 0 saturated heterocycles. The van der Waals surface area contributed by atoms with Gasteiger partial charge in [0.05, 0.1) is 6.61 Å². The molecule has 0 aliphatic carbocycles. The largest absolute Gasteiger partial charge is 0.508 e. The second kappa shape index (κ2) is 18.2. The molecule has 2 atom stereocenters. The summed E-state index contributed by atoms with van der Waals surface area (Å²) in [6.45, 7) is 11.7. The monoisotopic (exact) mass is 551 g/mol. The third-order valence-corrected chi connectivity index (χ3v) is 5.54. The van der Waals surface area contributed by atoms with Crippen LogP contribution in [-0.4, -0.2) is 49.4 Å². The number of unbranched alkanes of at least 4 members (excludes halogenated alkanes) is 1. The molecule has 0 aliphatic heterocycles. The highest BCUT2D eigenvalue weighted by Gasteiger charge is 2.22. The lowest BCUT2D eigenvalue weighted by atomic mass is 10.1. The van der Waals surface area contributed by atoms with E-state index in [2.05, 4.69) is 0 Å². The smallest absolute Gasteiger partial charge is 0.458 e. The van der Waals surface area contributed by atoms with E-state index in [0.29, 0.717) is 30.2 Å². The van der Waals surface area contributed by atoms with E-state index >= 15 is 0 Å². The van der Waals surface area contributed by atoms with Crippen LogP contribution < -0.4 is 15.2 Å². The van der Waals surface area contributed by atoms with Gasteiger partial charge in [0.15, 0.2) is 11.5 Å². The number of carbonyl (C=O) groups excluding carboxylic acids is 4. The summed E-state index contributed by atoms with van der Waals surface area (Å²) in [6.07, 6.45) is 1.89. The van der Waals surface area contributed by atoms with Gasteiger partial charge >= 0.3 is 24.1 Å². The Balaban J connectivity index is 2.81. The lowest BCUT2D eigenvalue weighted by Gasteiger charge is -2.18. The average molecular weight is 552 g/mol. The molecule has 0 amide bonds. The van der Waals surface area contributed by atoms with Crippen molar-refractivity contribution in [2.45, 2.75) is 98.6 Å². The van der Waals surface area contributed by atoms with Gasteiger partial charge < -0.3 is 29.4 Å². The van der Waals surface area contributed by atoms with E-state index in [-0.39, 0.29) is 44.0 Å². The lowest BCUT2D eigenvalue weighted by molar-refractivity contribution is -0.152. The Morgan fingerprint density at radius 1 is 0.846 bits per heavy atom. The fraction of sp³-hybridized carbons (Fsp3) is 0.655. The van der Waals surface area contributed by atoms with Crippen molar-refractivity contribution in [3.05, 3.63) is 23.8 Å². The SMILES string of the molecule is CCCCOC(=O)OC[C@H](C)OC(=O)[C@@H](N)Cc1ccc(OC(=O)CCC(C)C)c(OC(=O)CCC(C)C)c1. The molecule has 1 aromatic rings. The number of ether oxygens (including phenoxy) is 5. The molecule has 0 saturated carbocycles. The normalized spacial score (nSPS) is 12.5. The molecule has 0 aliphatic rings. The minimum absolute atomic E-state index is 0.0730. The maximum absolute atomic E-state index is 12.5. The molecule has 220 valence electrons. The van der Waals surface area contributed by atoms with E-state index < -0.39 is 36.2 Å². The van der Waals surface area contributed by atoms with Crippen LogP contribution in [0.3, 0.4) is 0 Å². The highest BCUT2D eigenvalue weighted by atomic mass is 16.7. The topological polar surface area (TPSA) is 140 Å². The molecule has 0 bridgehead atoms. The first-order valence-corrected chi connectivity index (χ1v) is 13.7. The van der Waals surface area contributed by atoms with Gasteiger partial charge in [-0.1, -0.05) is 47.1 Å². The molecular formula is C29H45NO9. The van der Waals surface area contributed by atoms with Crippen LogP contribution in [0, 0.1) is 11.8 Å². The number of esters is 3. The lowest BCUT2D eigenvalue weighted by Crippen LogP contribution is -2.37. The third kappa shape index (κ3) is 15.1. The first-order valence-electron chi connectivity index (χ1n) is 13.7. The van der Waals surface area contributed by atoms with E-state index in [4.69, 9.17) is 29.4 Å². The predicted molar refractivity (Wildman–Crippen MR) is 145 cm³/mol. The van der Waals surface area contributed by atoms with E-state index in [1.807, 2.05) is 34.6 Å². The van der Waals surface area contributed by atoms with Gasteiger partial charge in [-0.2, -0.15) is 0 Å². The molecule has 0 heterocycles. The van der Waals surface area contributed by atoms with Crippen LogP contribution in [0.5, 0.6) is 11.5 Å². The van der Waals surface area contributed by atoms with Gasteiger partial charge in [0.25, 0.3) is 0 Å². The maximum atomic E-state index is 12.5. The number of hydrogen-bond donors (Lipinski definition) is 1. The maximum Gasteiger partial charge on any atom is 0.508 e. The molecule has 1 rings (SSSR count). The molecule has 0 fully saturated rings. The zero-order chi connectivity index (χ0) is 29.4. The molecule has 0 spiro atoms. The summed E-state index contributed by atoms with van der Waals surface area (Å²) in [5.74, 6) is -0.705. The Morgan fingerprint density at radius 2 is 1.44 bits per heavy atom. The molecule has 0 radical (unpaired) electrons. The van der Waals surface area contributed by atoms with Crippen molar-refractivity contribution in [1.82, 2.24) is 0 Å². The summed E-state index contributed by atoms with van der Waals surface area (Å²) in [5.41, 5.74) is 6.63. The fourth-order valence-corrected chi connectivity index (χ4v) is 3.19. The molecule has 0 unspecified atom stereocenters. The van der Waals surface area contributed by atoms with Gasteiger partial charge in [-0.3, -0.25) is 14.4 Å². The summed E-state index contributed by atoms with van der Waals surface area (Å²) in [6, 6.07) is 3.66. The number of benzene rings is 1. The highest BCUT2D eigenvalue weighted by molar-refractivity contribution is 5.77. The van der Waals surface area contributed by atoms with Crippen molar-refractivity contribution in [3.8, 4) is 11.5 Å². The van der Waals surface area contributed by atoms with Gasteiger partial charge in [0, 0.05) is 12.8 Å². The quantitative estimate of drug-likeness (QED) is 0.157. The van der Waals surface area contributed by atoms with E-state index in [9.17, 15) is 19.2 Å². The Bertz CT molecular complexity index is 929. The van der Waals surface area contributed by atoms with Gasteiger partial charge in [-0.25, -0.2) is 4.79 Å². The van der Waals surface area contributed by atoms with Crippen molar-refractivity contribution in [1.29, 1.82) is 0 Å². The van der Waals surface area contributed by atoms with Crippen LogP contribution >= 0.6 is 0 Å². The number of carbonyl (C=O) groups is 4. The first kappa shape index (κ1) is 33.9. The number of hydrogen-bond acceptors (Lipinski definition) is 10. The predicted octanol–water partition coefficient (Wildman–Crippen LogP) is 5.12. The van der Waals surface area contributed by atoms with Gasteiger partial charge in [-0.15, -0.1) is 0 Å². The van der Waals surface area contributed by atoms with Gasteiger partial charge in [0.1, 0.15) is 18.8 Å². The van der Waals surface area contributed by atoms with E-state index in [1.165, 1.54) is 12.1 Å². The Labute approximate surface area is 231 Å². The molecule has 2 N–H and O–H groups in total. The molecule has 39 heavy (non-hydrogen) atoms. The third-order valence-electron chi connectivity index (χ3n) is 5.54.